The molecule has 106 valence electrons. The van der Waals surface area contributed by atoms with Crippen molar-refractivity contribution >= 4 is 15.9 Å². The zero-order valence-electron chi connectivity index (χ0n) is 11.7. The highest BCUT2D eigenvalue weighted by atomic mass is 79.9. The van der Waals surface area contributed by atoms with Crippen molar-refractivity contribution in [3.8, 4) is 5.75 Å². The van der Waals surface area contributed by atoms with Gasteiger partial charge < -0.3 is 10.1 Å². The Morgan fingerprint density at radius 1 is 1.32 bits per heavy atom. The SMILES string of the molecule is C[C@H](NCCOc1cccc(Br)c1)C1CCCCC1. The van der Waals surface area contributed by atoms with Crippen LogP contribution in [0.3, 0.4) is 0 Å². The Hall–Kier alpha value is -0.540. The molecule has 1 saturated carbocycles. The largest absolute Gasteiger partial charge is 0.492 e. The lowest BCUT2D eigenvalue weighted by Gasteiger charge is -2.28. The molecule has 0 unspecified atom stereocenters. The summed E-state index contributed by atoms with van der Waals surface area (Å²) in [5.41, 5.74) is 0. The van der Waals surface area contributed by atoms with E-state index >= 15 is 0 Å². The second kappa shape index (κ2) is 7.91. The van der Waals surface area contributed by atoms with Crippen LogP contribution in [0.15, 0.2) is 28.7 Å². The van der Waals surface area contributed by atoms with Crippen LogP contribution >= 0.6 is 15.9 Å². The Balaban J connectivity index is 1.63. The topological polar surface area (TPSA) is 21.3 Å². The summed E-state index contributed by atoms with van der Waals surface area (Å²) in [7, 11) is 0. The van der Waals surface area contributed by atoms with E-state index in [9.17, 15) is 0 Å². The van der Waals surface area contributed by atoms with Crippen LogP contribution in [0.1, 0.15) is 39.0 Å². The molecule has 2 nitrogen and oxygen atoms in total. The van der Waals surface area contributed by atoms with Gasteiger partial charge in [-0.1, -0.05) is 41.3 Å². The first-order valence-corrected chi connectivity index (χ1v) is 8.17. The molecule has 1 aliphatic rings. The predicted octanol–water partition coefficient (Wildman–Crippen LogP) is 4.39. The van der Waals surface area contributed by atoms with Crippen molar-refractivity contribution in [2.24, 2.45) is 5.92 Å². The molecular formula is C16H24BrNO. The van der Waals surface area contributed by atoms with Gasteiger partial charge in [0.25, 0.3) is 0 Å². The lowest BCUT2D eigenvalue weighted by atomic mass is 9.84. The van der Waals surface area contributed by atoms with E-state index in [4.69, 9.17) is 4.74 Å². The Kier molecular flexibility index (Phi) is 6.18. The number of ether oxygens (including phenoxy) is 1. The maximum atomic E-state index is 5.73. The highest BCUT2D eigenvalue weighted by Gasteiger charge is 2.19. The fraction of sp³-hybridized carbons (Fsp3) is 0.625. The van der Waals surface area contributed by atoms with Gasteiger partial charge >= 0.3 is 0 Å². The fourth-order valence-corrected chi connectivity index (χ4v) is 3.19. The van der Waals surface area contributed by atoms with Crippen molar-refractivity contribution in [3.63, 3.8) is 0 Å². The van der Waals surface area contributed by atoms with Gasteiger partial charge in [0.05, 0.1) is 0 Å². The lowest BCUT2D eigenvalue weighted by Crippen LogP contribution is -2.37. The summed E-state index contributed by atoms with van der Waals surface area (Å²) in [5, 5.41) is 3.60. The molecule has 2 rings (SSSR count). The third-order valence-electron chi connectivity index (χ3n) is 3.99. The third kappa shape index (κ3) is 5.15. The Morgan fingerprint density at radius 3 is 2.84 bits per heavy atom. The molecular weight excluding hydrogens is 302 g/mol. The number of halogens is 1. The molecule has 0 spiro atoms. The quantitative estimate of drug-likeness (QED) is 0.783. The monoisotopic (exact) mass is 325 g/mol. The first kappa shape index (κ1) is 14.9. The Labute approximate surface area is 125 Å². The van der Waals surface area contributed by atoms with Gasteiger partial charge in [-0.3, -0.25) is 0 Å². The molecule has 0 bridgehead atoms. The molecule has 1 aromatic rings. The van der Waals surface area contributed by atoms with Gasteiger partial charge in [-0.05, 0) is 43.9 Å². The number of hydrogen-bond acceptors (Lipinski definition) is 2. The Bertz CT molecular complexity index is 377. The van der Waals surface area contributed by atoms with Crippen molar-refractivity contribution in [3.05, 3.63) is 28.7 Å². The molecule has 0 radical (unpaired) electrons. The molecule has 0 amide bonds. The molecule has 1 aromatic carbocycles. The molecule has 1 N–H and O–H groups in total. The summed E-state index contributed by atoms with van der Waals surface area (Å²) >= 11 is 3.45. The van der Waals surface area contributed by atoms with Crippen molar-refractivity contribution in [2.75, 3.05) is 13.2 Å². The van der Waals surface area contributed by atoms with E-state index in [1.807, 2.05) is 24.3 Å². The van der Waals surface area contributed by atoms with Gasteiger partial charge in [0.2, 0.25) is 0 Å². The van der Waals surface area contributed by atoms with E-state index in [2.05, 4.69) is 28.2 Å². The second-order valence-electron chi connectivity index (χ2n) is 5.45. The van der Waals surface area contributed by atoms with Crippen LogP contribution in [0.5, 0.6) is 5.75 Å². The van der Waals surface area contributed by atoms with Gasteiger partial charge in [0, 0.05) is 17.1 Å². The van der Waals surface area contributed by atoms with Gasteiger partial charge in [-0.25, -0.2) is 0 Å². The average molecular weight is 326 g/mol. The summed E-state index contributed by atoms with van der Waals surface area (Å²) in [4.78, 5) is 0. The number of rotatable bonds is 6. The van der Waals surface area contributed by atoms with Gasteiger partial charge in [-0.15, -0.1) is 0 Å². The standard InChI is InChI=1S/C16H24BrNO/c1-13(14-6-3-2-4-7-14)18-10-11-19-16-9-5-8-15(17)12-16/h5,8-9,12-14,18H,2-4,6-7,10-11H2,1H3/t13-/m0/s1. The lowest BCUT2D eigenvalue weighted by molar-refractivity contribution is 0.256. The molecule has 1 atom stereocenters. The first-order valence-electron chi connectivity index (χ1n) is 7.37. The van der Waals surface area contributed by atoms with E-state index in [1.54, 1.807) is 0 Å². The molecule has 1 aliphatic carbocycles. The van der Waals surface area contributed by atoms with Crippen LogP contribution in [0.4, 0.5) is 0 Å². The third-order valence-corrected chi connectivity index (χ3v) is 4.48. The van der Waals surface area contributed by atoms with Crippen LogP contribution in [0.2, 0.25) is 0 Å². The summed E-state index contributed by atoms with van der Waals surface area (Å²) in [6.07, 6.45) is 7.02. The summed E-state index contributed by atoms with van der Waals surface area (Å²) < 4.78 is 6.80. The molecule has 0 saturated heterocycles. The van der Waals surface area contributed by atoms with Crippen molar-refractivity contribution in [2.45, 2.75) is 45.1 Å². The smallest absolute Gasteiger partial charge is 0.120 e. The highest BCUT2D eigenvalue weighted by molar-refractivity contribution is 9.10. The van der Waals surface area contributed by atoms with Crippen LogP contribution in [0.25, 0.3) is 0 Å². The average Bonchev–Trinajstić information content (AvgIpc) is 2.44. The maximum Gasteiger partial charge on any atom is 0.120 e. The second-order valence-corrected chi connectivity index (χ2v) is 6.36. The van der Waals surface area contributed by atoms with Crippen molar-refractivity contribution < 1.29 is 4.74 Å². The molecule has 0 aromatic heterocycles. The van der Waals surface area contributed by atoms with Gasteiger partial charge in [0.15, 0.2) is 0 Å². The van der Waals surface area contributed by atoms with Crippen LogP contribution in [0, 0.1) is 5.92 Å². The number of hydrogen-bond donors (Lipinski definition) is 1. The van der Waals surface area contributed by atoms with Gasteiger partial charge in [-0.2, -0.15) is 0 Å². The predicted molar refractivity (Wildman–Crippen MR) is 83.7 cm³/mol. The first-order chi connectivity index (χ1) is 9.25. The Morgan fingerprint density at radius 2 is 2.11 bits per heavy atom. The van der Waals surface area contributed by atoms with E-state index in [0.29, 0.717) is 6.04 Å². The number of nitrogens with one attached hydrogen (secondary N) is 1. The molecule has 19 heavy (non-hydrogen) atoms. The summed E-state index contributed by atoms with van der Waals surface area (Å²) in [5.74, 6) is 1.79. The van der Waals surface area contributed by atoms with Crippen LogP contribution in [-0.2, 0) is 0 Å². The van der Waals surface area contributed by atoms with E-state index in [1.165, 1.54) is 32.1 Å². The molecule has 0 aliphatic heterocycles. The highest BCUT2D eigenvalue weighted by Crippen LogP contribution is 2.26. The normalized spacial score (nSPS) is 18.2. The molecule has 0 heterocycles. The van der Waals surface area contributed by atoms with E-state index in [-0.39, 0.29) is 0 Å². The maximum absolute atomic E-state index is 5.73. The molecule has 3 heteroatoms. The van der Waals surface area contributed by atoms with E-state index < -0.39 is 0 Å². The van der Waals surface area contributed by atoms with Gasteiger partial charge in [0.1, 0.15) is 12.4 Å². The zero-order chi connectivity index (χ0) is 13.5. The van der Waals surface area contributed by atoms with Crippen molar-refractivity contribution in [1.29, 1.82) is 0 Å². The fourth-order valence-electron chi connectivity index (χ4n) is 2.81. The van der Waals surface area contributed by atoms with Crippen LogP contribution in [-0.4, -0.2) is 19.2 Å². The van der Waals surface area contributed by atoms with E-state index in [0.717, 1.165) is 29.3 Å². The minimum Gasteiger partial charge on any atom is -0.492 e. The minimum absolute atomic E-state index is 0.617. The minimum atomic E-state index is 0.617. The summed E-state index contributed by atoms with van der Waals surface area (Å²) in [6, 6.07) is 8.62. The number of benzene rings is 1. The van der Waals surface area contributed by atoms with Crippen molar-refractivity contribution in [1.82, 2.24) is 5.32 Å². The van der Waals surface area contributed by atoms with Crippen LogP contribution < -0.4 is 10.1 Å². The summed E-state index contributed by atoms with van der Waals surface area (Å²) in [6.45, 7) is 3.97. The molecule has 1 fully saturated rings. The zero-order valence-corrected chi connectivity index (χ0v) is 13.3.